The predicted octanol–water partition coefficient (Wildman–Crippen LogP) is 3.81. The van der Waals surface area contributed by atoms with E-state index in [0.29, 0.717) is 48.1 Å². The Hall–Kier alpha value is -4.25. The molecule has 2 atom stereocenters. The SMILES string of the molecule is O=C(N[C@@H](Cc1ccccc1)C(=O)N1C(=O)O[C@]2(CCCNC2)c2cc(Cl)ccc21)c1cccc(N2CCOCC2=O)c1. The maximum Gasteiger partial charge on any atom is 0.422 e. The van der Waals surface area contributed by atoms with Crippen molar-refractivity contribution >= 4 is 46.8 Å². The van der Waals surface area contributed by atoms with Gasteiger partial charge in [-0.1, -0.05) is 48.0 Å². The van der Waals surface area contributed by atoms with Crippen molar-refractivity contribution in [3.8, 4) is 0 Å². The molecule has 2 fully saturated rings. The zero-order chi connectivity index (χ0) is 30.0. The Morgan fingerprint density at radius 3 is 2.65 bits per heavy atom. The van der Waals surface area contributed by atoms with E-state index in [1.165, 1.54) is 0 Å². The highest BCUT2D eigenvalue weighted by atomic mass is 35.5. The van der Waals surface area contributed by atoms with Crippen LogP contribution in [0.2, 0.25) is 5.02 Å². The summed E-state index contributed by atoms with van der Waals surface area (Å²) >= 11 is 6.37. The fourth-order valence-corrected chi connectivity index (χ4v) is 6.06. The van der Waals surface area contributed by atoms with Crippen LogP contribution in [0.3, 0.4) is 0 Å². The van der Waals surface area contributed by atoms with E-state index in [0.717, 1.165) is 23.4 Å². The molecule has 3 heterocycles. The summed E-state index contributed by atoms with van der Waals surface area (Å²) in [5, 5.41) is 6.60. The van der Waals surface area contributed by atoms with Crippen LogP contribution >= 0.6 is 11.6 Å². The predicted molar refractivity (Wildman–Crippen MR) is 160 cm³/mol. The van der Waals surface area contributed by atoms with Gasteiger partial charge in [0.2, 0.25) is 0 Å². The number of hydrogen-bond donors (Lipinski definition) is 2. The number of carbonyl (C=O) groups is 4. The lowest BCUT2D eigenvalue weighted by Crippen LogP contribution is -2.58. The number of nitrogens with one attached hydrogen (secondary N) is 2. The van der Waals surface area contributed by atoms with Crippen molar-refractivity contribution in [2.24, 2.45) is 0 Å². The number of hydrogen-bond acceptors (Lipinski definition) is 7. The second kappa shape index (κ2) is 12.2. The van der Waals surface area contributed by atoms with Gasteiger partial charge in [-0.15, -0.1) is 0 Å². The van der Waals surface area contributed by atoms with E-state index in [1.54, 1.807) is 47.4 Å². The first-order valence-corrected chi connectivity index (χ1v) is 14.6. The summed E-state index contributed by atoms with van der Waals surface area (Å²) in [7, 11) is 0. The third kappa shape index (κ3) is 5.86. The van der Waals surface area contributed by atoms with Gasteiger partial charge in [0, 0.05) is 41.3 Å². The van der Waals surface area contributed by atoms with E-state index < -0.39 is 29.6 Å². The first-order chi connectivity index (χ1) is 20.8. The maximum absolute atomic E-state index is 14.3. The fraction of sp³-hybridized carbons (Fsp3) is 0.312. The van der Waals surface area contributed by atoms with Crippen molar-refractivity contribution in [2.45, 2.75) is 30.9 Å². The Bertz CT molecular complexity index is 1560. The van der Waals surface area contributed by atoms with Crippen molar-refractivity contribution in [3.05, 3.63) is 94.5 Å². The van der Waals surface area contributed by atoms with Crippen LogP contribution in [0.4, 0.5) is 16.2 Å². The average molecular weight is 603 g/mol. The summed E-state index contributed by atoms with van der Waals surface area (Å²) < 4.78 is 11.2. The minimum atomic E-state index is -1.11. The van der Waals surface area contributed by atoms with E-state index in [1.807, 2.05) is 30.3 Å². The number of benzene rings is 3. The summed E-state index contributed by atoms with van der Waals surface area (Å²) in [5.74, 6) is -1.36. The van der Waals surface area contributed by atoms with Gasteiger partial charge in [-0.2, -0.15) is 0 Å². The van der Waals surface area contributed by atoms with E-state index in [4.69, 9.17) is 21.1 Å². The number of fused-ring (bicyclic) bond motifs is 2. The molecule has 10 nitrogen and oxygen atoms in total. The number of imide groups is 1. The fourth-order valence-electron chi connectivity index (χ4n) is 5.89. The molecule has 6 rings (SSSR count). The number of nitrogens with zero attached hydrogens (tertiary/aromatic N) is 2. The van der Waals surface area contributed by atoms with Crippen molar-refractivity contribution in [3.63, 3.8) is 0 Å². The van der Waals surface area contributed by atoms with Crippen molar-refractivity contribution in [1.29, 1.82) is 0 Å². The van der Waals surface area contributed by atoms with Crippen LogP contribution in [0, 0.1) is 0 Å². The average Bonchev–Trinajstić information content (AvgIpc) is 3.02. The molecule has 0 bridgehead atoms. The maximum atomic E-state index is 14.3. The first kappa shape index (κ1) is 28.9. The second-order valence-electron chi connectivity index (χ2n) is 10.8. The Morgan fingerprint density at radius 2 is 1.88 bits per heavy atom. The lowest BCUT2D eigenvalue weighted by Gasteiger charge is -2.44. The molecule has 3 aliphatic heterocycles. The van der Waals surface area contributed by atoms with E-state index in [9.17, 15) is 19.2 Å². The van der Waals surface area contributed by atoms with Gasteiger partial charge in [-0.05, 0) is 61.3 Å². The molecule has 3 aromatic rings. The van der Waals surface area contributed by atoms with Crippen molar-refractivity contribution < 1.29 is 28.7 Å². The minimum absolute atomic E-state index is 0.0277. The molecule has 3 aliphatic rings. The van der Waals surface area contributed by atoms with Crippen molar-refractivity contribution in [1.82, 2.24) is 10.6 Å². The number of carbonyl (C=O) groups excluding carboxylic acids is 4. The van der Waals surface area contributed by atoms with Gasteiger partial charge >= 0.3 is 6.09 Å². The van der Waals surface area contributed by atoms with E-state index in [-0.39, 0.29) is 24.5 Å². The summed E-state index contributed by atoms with van der Waals surface area (Å²) in [4.78, 5) is 56.4. The van der Waals surface area contributed by atoms with Crippen LogP contribution in [-0.2, 0) is 31.1 Å². The zero-order valence-corrected chi connectivity index (χ0v) is 24.1. The van der Waals surface area contributed by atoms with E-state index in [2.05, 4.69) is 10.6 Å². The highest BCUT2D eigenvalue weighted by Crippen LogP contribution is 2.44. The highest BCUT2D eigenvalue weighted by Gasteiger charge is 2.48. The van der Waals surface area contributed by atoms with Gasteiger partial charge in [0.1, 0.15) is 12.6 Å². The van der Waals surface area contributed by atoms with Gasteiger partial charge in [-0.3, -0.25) is 14.4 Å². The van der Waals surface area contributed by atoms with Crippen LogP contribution in [-0.4, -0.2) is 62.7 Å². The standard InChI is InChI=1S/C32H31ClN4O6/c33-23-10-11-27-25(18-23)32(12-5-13-34-20-32)43-31(41)37(27)30(40)26(16-21-6-2-1-3-7-21)35-29(39)22-8-4-9-24(17-22)36-14-15-42-19-28(36)38/h1-4,6-11,17-18,26,34H,5,12-16,19-20H2,(H,35,39)/t26-,32-/m0/s1. The smallest absolute Gasteiger partial charge is 0.422 e. The summed E-state index contributed by atoms with van der Waals surface area (Å²) in [6.45, 7) is 1.94. The molecule has 0 saturated carbocycles. The molecule has 4 amide bonds. The van der Waals surface area contributed by atoms with Gasteiger partial charge < -0.3 is 25.0 Å². The molecule has 0 aliphatic carbocycles. The first-order valence-electron chi connectivity index (χ1n) is 14.3. The van der Waals surface area contributed by atoms with Crippen molar-refractivity contribution in [2.75, 3.05) is 42.6 Å². The number of anilines is 2. The molecule has 0 radical (unpaired) electrons. The van der Waals surface area contributed by atoms with E-state index >= 15 is 0 Å². The summed E-state index contributed by atoms with van der Waals surface area (Å²) in [6.07, 6.45) is 0.706. The monoisotopic (exact) mass is 602 g/mol. The second-order valence-corrected chi connectivity index (χ2v) is 11.3. The van der Waals surface area contributed by atoms with Gasteiger partial charge in [0.05, 0.1) is 12.3 Å². The summed E-state index contributed by atoms with van der Waals surface area (Å²) in [5.41, 5.74) is 1.71. The van der Waals surface area contributed by atoms with Gasteiger partial charge in [0.15, 0.2) is 5.60 Å². The molecule has 0 unspecified atom stereocenters. The topological polar surface area (TPSA) is 117 Å². The van der Waals surface area contributed by atoms with Crippen LogP contribution in [0.15, 0.2) is 72.8 Å². The Kier molecular flexibility index (Phi) is 8.16. The minimum Gasteiger partial charge on any atom is -0.436 e. The Morgan fingerprint density at radius 1 is 1.05 bits per heavy atom. The van der Waals surface area contributed by atoms with Crippen LogP contribution < -0.4 is 20.4 Å². The molecule has 43 heavy (non-hydrogen) atoms. The molecule has 3 aromatic carbocycles. The van der Waals surface area contributed by atoms with Gasteiger partial charge in [0.25, 0.3) is 17.7 Å². The number of piperidine rings is 1. The number of halogens is 1. The summed E-state index contributed by atoms with van der Waals surface area (Å²) in [6, 6.07) is 19.8. The van der Waals surface area contributed by atoms with Crippen LogP contribution in [0.1, 0.15) is 34.3 Å². The lowest BCUT2D eigenvalue weighted by molar-refractivity contribution is -0.125. The molecular weight excluding hydrogens is 572 g/mol. The number of ether oxygens (including phenoxy) is 2. The molecule has 222 valence electrons. The molecular formula is C32H31ClN4O6. The van der Waals surface area contributed by atoms with Gasteiger partial charge in [-0.25, -0.2) is 9.69 Å². The largest absolute Gasteiger partial charge is 0.436 e. The number of rotatable bonds is 6. The molecule has 11 heteroatoms. The normalized spacial score (nSPS) is 20.8. The lowest BCUT2D eigenvalue weighted by atomic mass is 9.84. The third-order valence-electron chi connectivity index (χ3n) is 8.01. The quantitative estimate of drug-likeness (QED) is 0.441. The number of amides is 4. The van der Waals surface area contributed by atoms with Crippen LogP contribution in [0.25, 0.3) is 0 Å². The molecule has 0 aromatic heterocycles. The zero-order valence-electron chi connectivity index (χ0n) is 23.4. The Labute approximate surface area is 253 Å². The third-order valence-corrected chi connectivity index (χ3v) is 8.25. The Balaban J connectivity index is 1.32. The number of morpholine rings is 1. The molecule has 1 spiro atoms. The highest BCUT2D eigenvalue weighted by molar-refractivity contribution is 6.31. The molecule has 2 N–H and O–H groups in total. The molecule has 2 saturated heterocycles. The van der Waals surface area contributed by atoms with Crippen LogP contribution in [0.5, 0.6) is 0 Å².